The Morgan fingerprint density at radius 3 is 2.76 bits per heavy atom. The lowest BCUT2D eigenvalue weighted by Gasteiger charge is -2.34. The molecule has 2 amide bonds. The molecule has 2 aromatic heterocycles. The number of ketones is 1. The molecular weight excluding hydrogens is 464 g/mol. The van der Waals surface area contributed by atoms with Gasteiger partial charge in [-0.25, -0.2) is 9.97 Å². The molecule has 2 aliphatic heterocycles. The van der Waals surface area contributed by atoms with E-state index in [0.717, 1.165) is 37.0 Å². The maximum absolute atomic E-state index is 14.1. The van der Waals surface area contributed by atoms with Gasteiger partial charge in [0, 0.05) is 12.7 Å². The summed E-state index contributed by atoms with van der Waals surface area (Å²) in [6.07, 6.45) is 7.52. The van der Waals surface area contributed by atoms with Crippen molar-refractivity contribution in [2.75, 3.05) is 13.2 Å². The molecule has 174 valence electrons. The number of primary amides is 1. The molecule has 4 heterocycles. The molecule has 4 atom stereocenters. The van der Waals surface area contributed by atoms with E-state index < -0.39 is 29.3 Å². The maximum atomic E-state index is 14.1. The average molecular weight is 489 g/mol. The van der Waals surface area contributed by atoms with E-state index in [1.807, 2.05) is 6.07 Å². The molecule has 2 aromatic rings. The number of amides is 2. The van der Waals surface area contributed by atoms with Gasteiger partial charge in [-0.1, -0.05) is 19.3 Å². The van der Waals surface area contributed by atoms with Gasteiger partial charge in [0.15, 0.2) is 5.78 Å². The van der Waals surface area contributed by atoms with Crippen LogP contribution in [-0.4, -0.2) is 63.1 Å². The second-order valence-corrected chi connectivity index (χ2v) is 10.5. The van der Waals surface area contributed by atoms with E-state index in [-0.39, 0.29) is 30.8 Å². The third-order valence-corrected chi connectivity index (χ3v) is 8.52. The summed E-state index contributed by atoms with van der Waals surface area (Å²) in [4.78, 5) is 50.1. The number of likely N-dealkylation sites (tertiary alicyclic amines) is 1. The van der Waals surface area contributed by atoms with E-state index in [1.54, 1.807) is 17.2 Å². The van der Waals surface area contributed by atoms with E-state index in [0.29, 0.717) is 16.1 Å². The van der Waals surface area contributed by atoms with Gasteiger partial charge in [0.05, 0.1) is 26.7 Å². The van der Waals surface area contributed by atoms with E-state index in [2.05, 4.69) is 9.97 Å². The number of Topliss-reactive ketones (excluding diaryl/α,β-unsaturated/α-hetero) is 1. The molecule has 0 radical (unpaired) electrons. The highest BCUT2D eigenvalue weighted by molar-refractivity contribution is 7.17. The highest BCUT2D eigenvalue weighted by Crippen LogP contribution is 2.44. The quantitative estimate of drug-likeness (QED) is 0.647. The summed E-state index contributed by atoms with van der Waals surface area (Å²) in [7, 11) is 0. The number of hydrogen-bond donors (Lipinski definition) is 1. The number of nitrogens with zero attached hydrogens (tertiary/aromatic N) is 3. The zero-order valence-corrected chi connectivity index (χ0v) is 19.6. The van der Waals surface area contributed by atoms with Crippen molar-refractivity contribution in [1.29, 1.82) is 0 Å². The molecule has 10 heteroatoms. The predicted molar refractivity (Wildman–Crippen MR) is 123 cm³/mol. The first-order valence-electron chi connectivity index (χ1n) is 11.2. The van der Waals surface area contributed by atoms with Crippen molar-refractivity contribution >= 4 is 40.5 Å². The van der Waals surface area contributed by atoms with Crippen molar-refractivity contribution in [2.45, 2.75) is 55.5 Å². The number of aromatic nitrogens is 2. The van der Waals surface area contributed by atoms with Crippen LogP contribution in [0.4, 0.5) is 0 Å². The fourth-order valence-electron chi connectivity index (χ4n) is 5.45. The van der Waals surface area contributed by atoms with Crippen LogP contribution in [0.15, 0.2) is 24.7 Å². The fraction of sp³-hybridized carbons (Fsp3) is 0.522. The molecule has 1 aliphatic carbocycles. The smallest absolute Gasteiger partial charge is 0.259 e. The molecule has 0 aromatic carbocycles. The largest absolute Gasteiger partial charge is 0.366 e. The molecule has 1 saturated carbocycles. The Hall–Kier alpha value is -2.36. The summed E-state index contributed by atoms with van der Waals surface area (Å²) < 4.78 is 5.58. The lowest BCUT2D eigenvalue weighted by Crippen LogP contribution is -2.46. The monoisotopic (exact) mass is 488 g/mol. The summed E-state index contributed by atoms with van der Waals surface area (Å²) >= 11 is 7.70. The van der Waals surface area contributed by atoms with Crippen LogP contribution in [0.2, 0.25) is 0 Å². The average Bonchev–Trinajstić information content (AvgIpc) is 3.52. The number of nitrogens with two attached hydrogens (primary N) is 1. The van der Waals surface area contributed by atoms with E-state index >= 15 is 0 Å². The van der Waals surface area contributed by atoms with Crippen LogP contribution in [0.25, 0.3) is 10.6 Å². The van der Waals surface area contributed by atoms with Crippen LogP contribution < -0.4 is 5.73 Å². The summed E-state index contributed by atoms with van der Waals surface area (Å²) in [6, 6.07) is 2.96. The van der Waals surface area contributed by atoms with Gasteiger partial charge in [0.25, 0.3) is 5.91 Å². The zero-order chi connectivity index (χ0) is 23.1. The molecule has 2 N–H and O–H groups in total. The molecule has 3 aliphatic rings. The van der Waals surface area contributed by atoms with Gasteiger partial charge in [-0.05, 0) is 36.5 Å². The molecule has 0 unspecified atom stereocenters. The normalized spacial score (nSPS) is 26.4. The van der Waals surface area contributed by atoms with Crippen molar-refractivity contribution in [3.05, 3.63) is 35.1 Å². The Morgan fingerprint density at radius 2 is 2.06 bits per heavy atom. The van der Waals surface area contributed by atoms with Crippen LogP contribution in [0.1, 0.15) is 53.3 Å². The number of carbonyl (C=O) groups is 3. The van der Waals surface area contributed by atoms with Crippen molar-refractivity contribution in [3.63, 3.8) is 0 Å². The molecule has 8 nitrogen and oxygen atoms in total. The standard InChI is InChI=1S/C23H25ClN4O4S/c24-14-9-28(19-16(29)10-32-20(14)19)23(31)18(12-4-2-1-3-5-12)13-8-17(33-21(13)22(25)30)15-6-7-26-11-27-15/h6-8,11-12,14,18-20H,1-5,9-10H2,(H2,25,30)/t14-,18-,19+,20+/m0/s1. The van der Waals surface area contributed by atoms with Gasteiger partial charge in [-0.15, -0.1) is 22.9 Å². The first-order chi connectivity index (χ1) is 16.0. The second kappa shape index (κ2) is 9.12. The van der Waals surface area contributed by atoms with Gasteiger partial charge in [0.2, 0.25) is 5.91 Å². The first kappa shape index (κ1) is 22.4. The Morgan fingerprint density at radius 1 is 1.27 bits per heavy atom. The third kappa shape index (κ3) is 4.06. The molecule has 33 heavy (non-hydrogen) atoms. The molecule has 5 rings (SSSR count). The highest BCUT2D eigenvalue weighted by Gasteiger charge is 2.53. The number of ether oxygens (including phenoxy) is 1. The predicted octanol–water partition coefficient (Wildman–Crippen LogP) is 2.75. The van der Waals surface area contributed by atoms with Gasteiger partial charge >= 0.3 is 0 Å². The molecule has 0 bridgehead atoms. The van der Waals surface area contributed by atoms with Crippen molar-refractivity contribution < 1.29 is 19.1 Å². The van der Waals surface area contributed by atoms with Crippen molar-refractivity contribution in [3.8, 4) is 10.6 Å². The van der Waals surface area contributed by atoms with Gasteiger partial charge < -0.3 is 15.4 Å². The third-order valence-electron chi connectivity index (χ3n) is 6.95. The first-order valence-corrected chi connectivity index (χ1v) is 12.5. The maximum Gasteiger partial charge on any atom is 0.259 e. The Bertz CT molecular complexity index is 1070. The molecule has 0 spiro atoms. The number of alkyl halides is 1. The molecular formula is C23H25ClN4O4S. The summed E-state index contributed by atoms with van der Waals surface area (Å²) in [5.74, 6) is -1.38. The highest BCUT2D eigenvalue weighted by atomic mass is 35.5. The Balaban J connectivity index is 1.57. The van der Waals surface area contributed by atoms with E-state index in [9.17, 15) is 14.4 Å². The fourth-order valence-corrected chi connectivity index (χ4v) is 6.84. The van der Waals surface area contributed by atoms with Gasteiger partial charge in [0.1, 0.15) is 25.1 Å². The second-order valence-electron chi connectivity index (χ2n) is 8.92. The number of thiophene rings is 1. The minimum Gasteiger partial charge on any atom is -0.366 e. The minimum atomic E-state index is -0.664. The Labute approximate surface area is 200 Å². The van der Waals surface area contributed by atoms with Crippen LogP contribution in [-0.2, 0) is 14.3 Å². The lowest BCUT2D eigenvalue weighted by molar-refractivity contribution is -0.139. The van der Waals surface area contributed by atoms with Crippen LogP contribution >= 0.6 is 22.9 Å². The minimum absolute atomic E-state index is 0.0285. The van der Waals surface area contributed by atoms with Crippen LogP contribution in [0, 0.1) is 5.92 Å². The van der Waals surface area contributed by atoms with Crippen LogP contribution in [0.3, 0.4) is 0 Å². The Kier molecular flexibility index (Phi) is 6.20. The molecule has 3 fully saturated rings. The number of halogens is 1. The SMILES string of the molecule is NC(=O)c1sc(-c2ccncn2)cc1[C@@H](C(=O)N1C[C@H](Cl)[C@H]2OCC(=O)[C@H]21)C1CCCCC1. The summed E-state index contributed by atoms with van der Waals surface area (Å²) in [5.41, 5.74) is 7.07. The zero-order valence-electron chi connectivity index (χ0n) is 18.0. The van der Waals surface area contributed by atoms with E-state index in [1.165, 1.54) is 17.7 Å². The lowest BCUT2D eigenvalue weighted by atomic mass is 9.76. The summed E-state index contributed by atoms with van der Waals surface area (Å²) in [5, 5.41) is -0.438. The van der Waals surface area contributed by atoms with Gasteiger partial charge in [-0.3, -0.25) is 14.4 Å². The van der Waals surface area contributed by atoms with Gasteiger partial charge in [-0.2, -0.15) is 0 Å². The molecule has 2 saturated heterocycles. The number of rotatable bonds is 5. The van der Waals surface area contributed by atoms with Crippen molar-refractivity contribution in [2.24, 2.45) is 11.7 Å². The topological polar surface area (TPSA) is 115 Å². The van der Waals surface area contributed by atoms with Crippen molar-refractivity contribution in [1.82, 2.24) is 14.9 Å². The number of fused-ring (bicyclic) bond motifs is 1. The number of hydrogen-bond acceptors (Lipinski definition) is 7. The number of carbonyl (C=O) groups excluding carboxylic acids is 3. The van der Waals surface area contributed by atoms with Crippen LogP contribution in [0.5, 0.6) is 0 Å². The summed E-state index contributed by atoms with van der Waals surface area (Å²) in [6.45, 7) is 0.221. The van der Waals surface area contributed by atoms with E-state index in [4.69, 9.17) is 22.1 Å².